The lowest BCUT2D eigenvalue weighted by Crippen LogP contribution is -2.46. The summed E-state index contributed by atoms with van der Waals surface area (Å²) in [6.45, 7) is 0.810. The van der Waals surface area contributed by atoms with Crippen LogP contribution < -0.4 is 4.72 Å². The minimum absolute atomic E-state index is 0.117. The van der Waals surface area contributed by atoms with E-state index in [0.717, 1.165) is 31.0 Å². The molecule has 192 valence electrons. The van der Waals surface area contributed by atoms with Gasteiger partial charge in [0.05, 0.1) is 16.1 Å². The summed E-state index contributed by atoms with van der Waals surface area (Å²) < 4.78 is 66.2. The zero-order chi connectivity index (χ0) is 26.0. The number of nitrogens with one attached hydrogen (secondary N) is 1. The Hall–Kier alpha value is -3.11. The van der Waals surface area contributed by atoms with E-state index in [1.165, 1.54) is 29.8 Å². The standard InChI is InChI=1S/C26H27F3N2O4S/c27-26(28,29)21-7-4-8-23(17-21)36(34,35)30-22-11-9-20(10-12-22)24(32)31-15-13-25(33,14-16-31)18-19-5-2-1-3-6-19/h1-2,4-5,7-12,17,30,33H,3,6,13-16,18H2. The smallest absolute Gasteiger partial charge is 0.389 e. The number of hydrogen-bond acceptors (Lipinski definition) is 4. The third-order valence-corrected chi connectivity index (χ3v) is 7.87. The van der Waals surface area contributed by atoms with E-state index < -0.39 is 32.3 Å². The van der Waals surface area contributed by atoms with Crippen molar-refractivity contribution in [1.82, 2.24) is 4.90 Å². The Morgan fingerprint density at radius 3 is 2.39 bits per heavy atom. The van der Waals surface area contributed by atoms with E-state index in [9.17, 15) is 31.5 Å². The number of allylic oxidation sites excluding steroid dienone is 3. The number of rotatable bonds is 6. The van der Waals surface area contributed by atoms with Gasteiger partial charge in [0.1, 0.15) is 0 Å². The van der Waals surface area contributed by atoms with Gasteiger partial charge in [0.25, 0.3) is 15.9 Å². The Morgan fingerprint density at radius 1 is 1.08 bits per heavy atom. The van der Waals surface area contributed by atoms with E-state index in [1.807, 2.05) is 12.2 Å². The quantitative estimate of drug-likeness (QED) is 0.552. The molecule has 0 aromatic heterocycles. The van der Waals surface area contributed by atoms with Crippen molar-refractivity contribution in [1.29, 1.82) is 0 Å². The van der Waals surface area contributed by atoms with Crippen LogP contribution in [0.4, 0.5) is 18.9 Å². The molecule has 1 heterocycles. The summed E-state index contributed by atoms with van der Waals surface area (Å²) in [4.78, 5) is 14.1. The molecule has 0 radical (unpaired) electrons. The number of sulfonamides is 1. The first kappa shape index (κ1) is 26.0. The maximum Gasteiger partial charge on any atom is 0.416 e. The molecule has 0 atom stereocenters. The van der Waals surface area contributed by atoms with Crippen molar-refractivity contribution in [3.8, 4) is 0 Å². The van der Waals surface area contributed by atoms with Gasteiger partial charge in [-0.15, -0.1) is 0 Å². The normalized spacial score (nSPS) is 18.0. The highest BCUT2D eigenvalue weighted by Gasteiger charge is 2.35. The number of alkyl halides is 3. The van der Waals surface area contributed by atoms with Crippen molar-refractivity contribution in [2.24, 2.45) is 0 Å². The topological polar surface area (TPSA) is 86.7 Å². The number of anilines is 1. The van der Waals surface area contributed by atoms with Crippen molar-refractivity contribution in [2.45, 2.75) is 48.8 Å². The molecule has 2 aromatic rings. The van der Waals surface area contributed by atoms with Crippen LogP contribution in [0.25, 0.3) is 0 Å². The van der Waals surface area contributed by atoms with Crippen molar-refractivity contribution in [3.05, 3.63) is 83.5 Å². The fraction of sp³-hybridized carbons (Fsp3) is 0.346. The largest absolute Gasteiger partial charge is 0.416 e. The average molecular weight is 521 g/mol. The fourth-order valence-corrected chi connectivity index (χ4v) is 5.55. The van der Waals surface area contributed by atoms with Gasteiger partial charge < -0.3 is 10.0 Å². The van der Waals surface area contributed by atoms with E-state index in [1.54, 1.807) is 4.90 Å². The van der Waals surface area contributed by atoms with Gasteiger partial charge in [-0.2, -0.15) is 13.2 Å². The molecule has 1 saturated heterocycles. The molecule has 1 amide bonds. The Balaban J connectivity index is 1.37. The predicted octanol–water partition coefficient (Wildman–Crippen LogP) is 5.14. The van der Waals surface area contributed by atoms with Crippen LogP contribution in [-0.4, -0.2) is 43.0 Å². The summed E-state index contributed by atoms with van der Waals surface area (Å²) in [6.07, 6.45) is 4.91. The predicted molar refractivity (Wildman–Crippen MR) is 130 cm³/mol. The molecule has 10 heteroatoms. The highest BCUT2D eigenvalue weighted by Crippen LogP contribution is 2.33. The zero-order valence-electron chi connectivity index (χ0n) is 19.5. The molecule has 0 bridgehead atoms. The Morgan fingerprint density at radius 2 is 1.78 bits per heavy atom. The van der Waals surface area contributed by atoms with E-state index in [2.05, 4.69) is 10.8 Å². The molecule has 0 spiro atoms. The van der Waals surface area contributed by atoms with Crippen LogP contribution in [0.3, 0.4) is 0 Å². The average Bonchev–Trinajstić information content (AvgIpc) is 2.84. The van der Waals surface area contributed by atoms with E-state index in [4.69, 9.17) is 0 Å². The van der Waals surface area contributed by atoms with Gasteiger partial charge in [-0.3, -0.25) is 9.52 Å². The van der Waals surface area contributed by atoms with Gasteiger partial charge in [0, 0.05) is 24.3 Å². The molecule has 1 fully saturated rings. The Kier molecular flexibility index (Phi) is 7.28. The highest BCUT2D eigenvalue weighted by molar-refractivity contribution is 7.92. The number of piperidine rings is 1. The van der Waals surface area contributed by atoms with Crippen molar-refractivity contribution >= 4 is 21.6 Å². The maximum absolute atomic E-state index is 12.9. The first-order valence-electron chi connectivity index (χ1n) is 11.6. The summed E-state index contributed by atoms with van der Waals surface area (Å²) in [5.74, 6) is -0.232. The second-order valence-electron chi connectivity index (χ2n) is 9.19. The second kappa shape index (κ2) is 10.1. The van der Waals surface area contributed by atoms with Crippen LogP contribution >= 0.6 is 0 Å². The number of benzene rings is 2. The van der Waals surface area contributed by atoms with E-state index in [0.29, 0.717) is 44.0 Å². The first-order chi connectivity index (χ1) is 17.0. The SMILES string of the molecule is O=C(c1ccc(NS(=O)(=O)c2cccc(C(F)(F)F)c2)cc1)N1CCC(O)(CC2=CC=CCC2)CC1. The minimum Gasteiger partial charge on any atom is -0.389 e. The Labute approximate surface area is 208 Å². The molecule has 2 aromatic carbocycles. The highest BCUT2D eigenvalue weighted by atomic mass is 32.2. The third kappa shape index (κ3) is 6.17. The fourth-order valence-electron chi connectivity index (χ4n) is 4.44. The second-order valence-corrected chi connectivity index (χ2v) is 10.9. The third-order valence-electron chi connectivity index (χ3n) is 6.49. The number of carbonyl (C=O) groups is 1. The van der Waals surface area contributed by atoms with Crippen LogP contribution in [0, 0.1) is 0 Å². The summed E-state index contributed by atoms with van der Waals surface area (Å²) in [5, 5.41) is 11.0. The van der Waals surface area contributed by atoms with Crippen molar-refractivity contribution in [2.75, 3.05) is 17.8 Å². The molecule has 2 aliphatic rings. The number of amides is 1. The first-order valence-corrected chi connectivity index (χ1v) is 13.1. The number of hydrogen-bond donors (Lipinski definition) is 2. The van der Waals surface area contributed by atoms with E-state index in [-0.39, 0.29) is 11.6 Å². The molecule has 2 N–H and O–H groups in total. The van der Waals surface area contributed by atoms with Gasteiger partial charge in [0.15, 0.2) is 0 Å². The molecule has 1 aliphatic carbocycles. The molecular formula is C26H27F3N2O4S. The van der Waals surface area contributed by atoms with Crippen LogP contribution in [0.5, 0.6) is 0 Å². The van der Waals surface area contributed by atoms with Gasteiger partial charge >= 0.3 is 6.18 Å². The summed E-state index contributed by atoms with van der Waals surface area (Å²) in [7, 11) is -4.26. The molecule has 0 saturated carbocycles. The van der Waals surface area contributed by atoms with Crippen molar-refractivity contribution < 1.29 is 31.5 Å². The molecule has 36 heavy (non-hydrogen) atoms. The van der Waals surface area contributed by atoms with E-state index >= 15 is 0 Å². The molecule has 1 aliphatic heterocycles. The van der Waals surface area contributed by atoms with Gasteiger partial charge in [0.2, 0.25) is 0 Å². The number of aliphatic hydroxyl groups is 1. The zero-order valence-corrected chi connectivity index (χ0v) is 20.3. The van der Waals surface area contributed by atoms with Crippen LogP contribution in [-0.2, 0) is 16.2 Å². The minimum atomic E-state index is -4.66. The summed E-state index contributed by atoms with van der Waals surface area (Å²) in [6, 6.07) is 9.18. The Bertz CT molecular complexity index is 1280. The van der Waals surface area contributed by atoms with Gasteiger partial charge in [-0.05, 0) is 74.6 Å². The van der Waals surface area contributed by atoms with Gasteiger partial charge in [-0.1, -0.05) is 29.9 Å². The lowest BCUT2D eigenvalue weighted by atomic mass is 9.83. The maximum atomic E-state index is 12.9. The monoisotopic (exact) mass is 520 g/mol. The van der Waals surface area contributed by atoms with Gasteiger partial charge in [-0.25, -0.2) is 8.42 Å². The summed E-state index contributed by atoms with van der Waals surface area (Å²) >= 11 is 0. The molecule has 4 rings (SSSR count). The van der Waals surface area contributed by atoms with Crippen molar-refractivity contribution in [3.63, 3.8) is 0 Å². The summed E-state index contributed by atoms with van der Waals surface area (Å²) in [5.41, 5.74) is -0.219. The number of nitrogens with zero attached hydrogens (tertiary/aromatic N) is 1. The molecule has 6 nitrogen and oxygen atoms in total. The number of halogens is 3. The molecular weight excluding hydrogens is 493 g/mol. The lowest BCUT2D eigenvalue weighted by Gasteiger charge is -2.39. The lowest BCUT2D eigenvalue weighted by molar-refractivity contribution is -0.137. The van der Waals surface area contributed by atoms with Crippen LogP contribution in [0.1, 0.15) is 48.0 Å². The van der Waals surface area contributed by atoms with Crippen LogP contribution in [0.2, 0.25) is 0 Å². The number of likely N-dealkylation sites (tertiary alicyclic amines) is 1. The number of carbonyl (C=O) groups excluding carboxylic acids is 1. The van der Waals surface area contributed by atoms with Crippen LogP contribution in [0.15, 0.2) is 77.2 Å². The molecule has 0 unspecified atom stereocenters.